The summed E-state index contributed by atoms with van der Waals surface area (Å²) in [6.07, 6.45) is 3.37. The SMILES string of the molecule is CC(C)[C@@H]1CC[C@@H](C)C[C@@H]1OC(=O)Cl. The van der Waals surface area contributed by atoms with Crippen LogP contribution in [0, 0.1) is 17.8 Å². The second-order valence-corrected chi connectivity index (χ2v) is 5.03. The quantitative estimate of drug-likeness (QED) is 0.659. The van der Waals surface area contributed by atoms with Crippen LogP contribution in [0.15, 0.2) is 0 Å². The summed E-state index contributed by atoms with van der Waals surface area (Å²) in [7, 11) is 0. The number of ether oxygens (including phenoxy) is 1. The minimum atomic E-state index is -0.658. The van der Waals surface area contributed by atoms with Gasteiger partial charge in [-0.2, -0.15) is 0 Å². The van der Waals surface area contributed by atoms with Crippen LogP contribution in [-0.2, 0) is 4.74 Å². The molecule has 1 fully saturated rings. The predicted octanol–water partition coefficient (Wildman–Crippen LogP) is 3.82. The van der Waals surface area contributed by atoms with Crippen molar-refractivity contribution in [3.05, 3.63) is 0 Å². The summed E-state index contributed by atoms with van der Waals surface area (Å²) in [5, 5.41) is 0. The van der Waals surface area contributed by atoms with E-state index in [1.807, 2.05) is 0 Å². The molecule has 2 nitrogen and oxygen atoms in total. The predicted molar refractivity (Wildman–Crippen MR) is 57.5 cm³/mol. The van der Waals surface area contributed by atoms with Crippen molar-refractivity contribution in [3.63, 3.8) is 0 Å². The van der Waals surface area contributed by atoms with Crippen LogP contribution in [0.1, 0.15) is 40.0 Å². The van der Waals surface area contributed by atoms with Gasteiger partial charge in [0.15, 0.2) is 0 Å². The fourth-order valence-corrected chi connectivity index (χ4v) is 2.48. The minimum absolute atomic E-state index is 0.0312. The monoisotopic (exact) mass is 218 g/mol. The molecule has 14 heavy (non-hydrogen) atoms. The van der Waals surface area contributed by atoms with Crippen molar-refractivity contribution in [1.82, 2.24) is 0 Å². The van der Waals surface area contributed by atoms with Gasteiger partial charge in [-0.3, -0.25) is 0 Å². The van der Waals surface area contributed by atoms with Gasteiger partial charge in [-0.05, 0) is 30.6 Å². The molecule has 0 heterocycles. The van der Waals surface area contributed by atoms with Crippen molar-refractivity contribution in [2.45, 2.75) is 46.1 Å². The summed E-state index contributed by atoms with van der Waals surface area (Å²) in [6.45, 7) is 6.55. The Balaban J connectivity index is 2.58. The van der Waals surface area contributed by atoms with Crippen LogP contribution < -0.4 is 0 Å². The third-order valence-electron chi connectivity index (χ3n) is 3.21. The Morgan fingerprint density at radius 2 is 2.07 bits per heavy atom. The van der Waals surface area contributed by atoms with Crippen LogP contribution in [0.3, 0.4) is 0 Å². The van der Waals surface area contributed by atoms with Crippen molar-refractivity contribution in [3.8, 4) is 0 Å². The van der Waals surface area contributed by atoms with E-state index in [1.165, 1.54) is 6.42 Å². The summed E-state index contributed by atoms with van der Waals surface area (Å²) in [5.41, 5.74) is -0.658. The van der Waals surface area contributed by atoms with E-state index in [9.17, 15) is 4.79 Å². The van der Waals surface area contributed by atoms with Crippen molar-refractivity contribution >= 4 is 17.0 Å². The van der Waals surface area contributed by atoms with Gasteiger partial charge >= 0.3 is 5.43 Å². The van der Waals surface area contributed by atoms with Crippen LogP contribution in [-0.4, -0.2) is 11.5 Å². The van der Waals surface area contributed by atoms with Crippen LogP contribution in [0.2, 0.25) is 0 Å². The number of hydrogen-bond donors (Lipinski definition) is 0. The molecule has 0 aromatic rings. The molecule has 82 valence electrons. The molecule has 1 aliphatic carbocycles. The van der Waals surface area contributed by atoms with E-state index < -0.39 is 5.43 Å². The minimum Gasteiger partial charge on any atom is -0.450 e. The van der Waals surface area contributed by atoms with Gasteiger partial charge in [-0.15, -0.1) is 0 Å². The van der Waals surface area contributed by atoms with Gasteiger partial charge in [0.05, 0.1) is 0 Å². The number of halogens is 1. The van der Waals surface area contributed by atoms with Gasteiger partial charge in [-0.1, -0.05) is 27.2 Å². The van der Waals surface area contributed by atoms with Crippen LogP contribution in [0.5, 0.6) is 0 Å². The molecule has 0 aromatic heterocycles. The average Bonchev–Trinajstić information content (AvgIpc) is 2.01. The first-order chi connectivity index (χ1) is 6.50. The van der Waals surface area contributed by atoms with Gasteiger partial charge in [0.1, 0.15) is 6.10 Å². The number of hydrogen-bond acceptors (Lipinski definition) is 2. The molecule has 0 spiro atoms. The summed E-state index contributed by atoms with van der Waals surface area (Å²) in [5.74, 6) is 1.68. The molecule has 0 saturated heterocycles. The first-order valence-corrected chi connectivity index (χ1v) is 5.74. The zero-order valence-corrected chi connectivity index (χ0v) is 9.88. The Hall–Kier alpha value is -0.240. The lowest BCUT2D eigenvalue weighted by atomic mass is 9.75. The molecule has 0 amide bonds. The largest absolute Gasteiger partial charge is 0.450 e. The highest BCUT2D eigenvalue weighted by Gasteiger charge is 2.32. The Labute approximate surface area is 91.0 Å². The fourth-order valence-electron chi connectivity index (χ4n) is 2.37. The van der Waals surface area contributed by atoms with E-state index in [2.05, 4.69) is 20.8 Å². The average molecular weight is 219 g/mol. The highest BCUT2D eigenvalue weighted by molar-refractivity contribution is 6.61. The number of carbonyl (C=O) groups is 1. The third-order valence-corrected chi connectivity index (χ3v) is 3.29. The van der Waals surface area contributed by atoms with Gasteiger partial charge in [0.25, 0.3) is 0 Å². The molecule has 3 heteroatoms. The third kappa shape index (κ3) is 3.16. The molecule has 1 saturated carbocycles. The zero-order valence-electron chi connectivity index (χ0n) is 9.13. The van der Waals surface area contributed by atoms with E-state index in [4.69, 9.17) is 16.3 Å². The van der Waals surface area contributed by atoms with Gasteiger partial charge in [0.2, 0.25) is 0 Å². The highest BCUT2D eigenvalue weighted by atomic mass is 35.5. The van der Waals surface area contributed by atoms with Crippen molar-refractivity contribution < 1.29 is 9.53 Å². The second kappa shape index (κ2) is 5.01. The first kappa shape index (κ1) is 11.8. The zero-order chi connectivity index (χ0) is 10.7. The highest BCUT2D eigenvalue weighted by Crippen LogP contribution is 2.35. The van der Waals surface area contributed by atoms with Crippen molar-refractivity contribution in [1.29, 1.82) is 0 Å². The topological polar surface area (TPSA) is 26.3 Å². The molecule has 0 aromatic carbocycles. The van der Waals surface area contributed by atoms with Crippen molar-refractivity contribution in [2.75, 3.05) is 0 Å². The molecule has 0 bridgehead atoms. The Kier molecular flexibility index (Phi) is 4.24. The smallest absolute Gasteiger partial charge is 0.404 e. The summed E-state index contributed by atoms with van der Waals surface area (Å²) >= 11 is 5.27. The van der Waals surface area contributed by atoms with Crippen LogP contribution in [0.4, 0.5) is 4.79 Å². The first-order valence-electron chi connectivity index (χ1n) is 5.36. The lowest BCUT2D eigenvalue weighted by Gasteiger charge is -2.36. The Morgan fingerprint density at radius 1 is 1.43 bits per heavy atom. The lowest BCUT2D eigenvalue weighted by Crippen LogP contribution is -2.34. The lowest BCUT2D eigenvalue weighted by molar-refractivity contribution is 0.0179. The Bertz CT molecular complexity index is 203. The maximum Gasteiger partial charge on any atom is 0.404 e. The maximum atomic E-state index is 10.7. The fraction of sp³-hybridized carbons (Fsp3) is 0.909. The van der Waals surface area contributed by atoms with Gasteiger partial charge in [0, 0.05) is 11.6 Å². The summed E-state index contributed by atoms with van der Waals surface area (Å²) in [6, 6.07) is 0. The van der Waals surface area contributed by atoms with Crippen LogP contribution >= 0.6 is 11.6 Å². The second-order valence-electron chi connectivity index (χ2n) is 4.72. The van der Waals surface area contributed by atoms with Crippen LogP contribution in [0.25, 0.3) is 0 Å². The molecular weight excluding hydrogens is 200 g/mol. The molecule has 1 rings (SSSR count). The molecule has 0 radical (unpaired) electrons. The van der Waals surface area contributed by atoms with E-state index >= 15 is 0 Å². The molecule has 0 unspecified atom stereocenters. The van der Waals surface area contributed by atoms with Gasteiger partial charge in [-0.25, -0.2) is 4.79 Å². The van der Waals surface area contributed by atoms with E-state index in [-0.39, 0.29) is 6.10 Å². The molecule has 3 atom stereocenters. The summed E-state index contributed by atoms with van der Waals surface area (Å²) in [4.78, 5) is 10.7. The van der Waals surface area contributed by atoms with E-state index in [0.717, 1.165) is 12.8 Å². The van der Waals surface area contributed by atoms with E-state index in [0.29, 0.717) is 17.8 Å². The number of carbonyl (C=O) groups excluding carboxylic acids is 1. The standard InChI is InChI=1S/C11H19ClO2/c1-7(2)9-5-4-8(3)6-10(9)14-11(12)13/h7-10H,4-6H2,1-3H3/t8-,9+,10+/m1/s1. The normalized spacial score (nSPS) is 33.1. The molecule has 1 aliphatic rings. The van der Waals surface area contributed by atoms with Gasteiger partial charge < -0.3 is 4.74 Å². The van der Waals surface area contributed by atoms with Crippen molar-refractivity contribution in [2.24, 2.45) is 17.8 Å². The Morgan fingerprint density at radius 3 is 2.57 bits per heavy atom. The molecule has 0 N–H and O–H groups in total. The number of rotatable bonds is 2. The maximum absolute atomic E-state index is 10.7. The summed E-state index contributed by atoms with van der Waals surface area (Å²) < 4.78 is 5.16. The molecular formula is C11H19ClO2. The van der Waals surface area contributed by atoms with E-state index in [1.54, 1.807) is 0 Å². The molecule has 0 aliphatic heterocycles.